The number of nitrogens with zero attached hydrogens (tertiary/aromatic N) is 4. The third-order valence-corrected chi connectivity index (χ3v) is 1.63. The fraction of sp³-hybridized carbons (Fsp3) is 0.300. The van der Waals surface area contributed by atoms with Gasteiger partial charge < -0.3 is 0 Å². The molecule has 0 spiro atoms. The Morgan fingerprint density at radius 2 is 1.71 bits per heavy atom. The van der Waals surface area contributed by atoms with Gasteiger partial charge in [0, 0.05) is 0 Å². The average molecular weight is 190 g/mol. The first-order valence-corrected chi connectivity index (χ1v) is 4.68. The maximum Gasteiger partial charge on any atom is 0.153 e. The largest absolute Gasteiger partial charge is 0.198 e. The summed E-state index contributed by atoms with van der Waals surface area (Å²) in [5, 5.41) is 11.2. The van der Waals surface area contributed by atoms with Gasteiger partial charge in [0.05, 0.1) is 5.69 Å². The van der Waals surface area contributed by atoms with Crippen molar-refractivity contribution in [3.8, 4) is 5.69 Å². The minimum atomic E-state index is 0.793. The van der Waals surface area contributed by atoms with Crippen molar-refractivity contribution in [3.05, 3.63) is 36.2 Å². The number of hydrogen-bond acceptors (Lipinski definition) is 3. The molecule has 0 bridgehead atoms. The number of hydrogen-bond donors (Lipinski definition) is 0. The molecule has 1 aromatic carbocycles. The van der Waals surface area contributed by atoms with Crippen molar-refractivity contribution in [2.45, 2.75) is 20.8 Å². The second kappa shape index (κ2) is 5.11. The van der Waals surface area contributed by atoms with Crippen LogP contribution in [0.5, 0.6) is 0 Å². The van der Waals surface area contributed by atoms with E-state index >= 15 is 0 Å². The summed E-state index contributed by atoms with van der Waals surface area (Å²) in [6.45, 7) is 5.87. The number of benzene rings is 1. The van der Waals surface area contributed by atoms with E-state index in [9.17, 15) is 0 Å². The Labute approximate surface area is 83.6 Å². The van der Waals surface area contributed by atoms with Crippen LogP contribution in [0.1, 0.15) is 19.7 Å². The molecule has 0 aliphatic carbocycles. The lowest BCUT2D eigenvalue weighted by atomic mass is 10.3. The highest BCUT2D eigenvalue weighted by molar-refractivity contribution is 5.30. The molecule has 0 aliphatic rings. The van der Waals surface area contributed by atoms with Gasteiger partial charge in [-0.25, -0.2) is 0 Å². The van der Waals surface area contributed by atoms with Gasteiger partial charge in [0.1, 0.15) is 0 Å². The minimum Gasteiger partial charge on any atom is -0.198 e. The van der Waals surface area contributed by atoms with Gasteiger partial charge in [0.2, 0.25) is 0 Å². The standard InChI is InChI=1S/C8H8N4.C2H6/c1-7-9-10-11-12(7)8-5-3-2-4-6-8;1-2/h2-6H,1H3;1-2H3. The van der Waals surface area contributed by atoms with Gasteiger partial charge in [-0.2, -0.15) is 4.68 Å². The van der Waals surface area contributed by atoms with Crippen molar-refractivity contribution >= 4 is 0 Å². The molecule has 0 aliphatic heterocycles. The summed E-state index contributed by atoms with van der Waals surface area (Å²) in [5.41, 5.74) is 0.986. The molecule has 0 radical (unpaired) electrons. The quantitative estimate of drug-likeness (QED) is 0.690. The highest BCUT2D eigenvalue weighted by Crippen LogP contribution is 2.04. The highest BCUT2D eigenvalue weighted by atomic mass is 15.5. The van der Waals surface area contributed by atoms with E-state index in [0.717, 1.165) is 11.5 Å². The molecule has 0 fully saturated rings. The molecule has 14 heavy (non-hydrogen) atoms. The lowest BCUT2D eigenvalue weighted by Gasteiger charge is -1.98. The van der Waals surface area contributed by atoms with Crippen LogP contribution in [0, 0.1) is 6.92 Å². The van der Waals surface area contributed by atoms with Gasteiger partial charge in [0.25, 0.3) is 0 Å². The molecular weight excluding hydrogens is 176 g/mol. The second-order valence-corrected chi connectivity index (χ2v) is 2.47. The Morgan fingerprint density at radius 1 is 1.07 bits per heavy atom. The molecule has 4 heteroatoms. The zero-order valence-corrected chi connectivity index (χ0v) is 8.68. The van der Waals surface area contributed by atoms with E-state index in [1.165, 1.54) is 0 Å². The maximum absolute atomic E-state index is 3.84. The van der Waals surface area contributed by atoms with Gasteiger partial charge in [0.15, 0.2) is 5.82 Å². The Hall–Kier alpha value is -1.71. The summed E-state index contributed by atoms with van der Waals surface area (Å²) in [6, 6.07) is 9.79. The smallest absolute Gasteiger partial charge is 0.153 e. The van der Waals surface area contributed by atoms with Gasteiger partial charge in [-0.15, -0.1) is 5.10 Å². The van der Waals surface area contributed by atoms with Gasteiger partial charge in [-0.1, -0.05) is 32.0 Å². The van der Waals surface area contributed by atoms with Crippen LogP contribution in [0.3, 0.4) is 0 Å². The normalized spacial score (nSPS) is 9.07. The predicted molar refractivity (Wildman–Crippen MR) is 55.2 cm³/mol. The Bertz CT molecular complexity index is 367. The summed E-state index contributed by atoms with van der Waals surface area (Å²) < 4.78 is 1.69. The molecular formula is C10H14N4. The minimum absolute atomic E-state index is 0.793. The van der Waals surface area contributed by atoms with E-state index in [1.807, 2.05) is 51.1 Å². The highest BCUT2D eigenvalue weighted by Gasteiger charge is 2.00. The first kappa shape index (κ1) is 10.4. The summed E-state index contributed by atoms with van der Waals surface area (Å²) in [7, 11) is 0. The molecule has 2 aromatic rings. The molecule has 0 unspecified atom stereocenters. The monoisotopic (exact) mass is 190 g/mol. The molecule has 2 rings (SSSR count). The van der Waals surface area contributed by atoms with Crippen molar-refractivity contribution in [2.75, 3.05) is 0 Å². The summed E-state index contributed by atoms with van der Waals surface area (Å²) in [5.74, 6) is 0.793. The SMILES string of the molecule is CC.Cc1nnnn1-c1ccccc1. The molecule has 0 amide bonds. The first-order valence-electron chi connectivity index (χ1n) is 4.68. The number of para-hydroxylation sites is 1. The zero-order chi connectivity index (χ0) is 10.4. The van der Waals surface area contributed by atoms with E-state index < -0.39 is 0 Å². The van der Waals surface area contributed by atoms with Crippen molar-refractivity contribution in [3.63, 3.8) is 0 Å². The van der Waals surface area contributed by atoms with E-state index in [-0.39, 0.29) is 0 Å². The topological polar surface area (TPSA) is 43.6 Å². The third kappa shape index (κ3) is 2.16. The molecule has 1 heterocycles. The summed E-state index contributed by atoms with van der Waals surface area (Å²) in [6.07, 6.45) is 0. The molecule has 0 N–H and O–H groups in total. The lowest BCUT2D eigenvalue weighted by molar-refractivity contribution is 0.779. The van der Waals surface area contributed by atoms with Crippen molar-refractivity contribution in [2.24, 2.45) is 0 Å². The molecule has 74 valence electrons. The average Bonchev–Trinajstić information content (AvgIpc) is 2.69. The van der Waals surface area contributed by atoms with Crippen LogP contribution in [0.15, 0.2) is 30.3 Å². The third-order valence-electron chi connectivity index (χ3n) is 1.63. The number of aryl methyl sites for hydroxylation is 1. The van der Waals surface area contributed by atoms with Crippen molar-refractivity contribution in [1.29, 1.82) is 0 Å². The van der Waals surface area contributed by atoms with Crippen LogP contribution < -0.4 is 0 Å². The van der Waals surface area contributed by atoms with Crippen LogP contribution in [-0.2, 0) is 0 Å². The molecule has 0 saturated heterocycles. The Morgan fingerprint density at radius 3 is 2.21 bits per heavy atom. The number of aromatic nitrogens is 4. The second-order valence-electron chi connectivity index (χ2n) is 2.47. The molecule has 1 aromatic heterocycles. The molecule has 0 atom stereocenters. The number of tetrazole rings is 1. The van der Waals surface area contributed by atoms with E-state index in [4.69, 9.17) is 0 Å². The fourth-order valence-corrected chi connectivity index (χ4v) is 1.04. The Kier molecular flexibility index (Phi) is 3.79. The molecule has 4 nitrogen and oxygen atoms in total. The van der Waals surface area contributed by atoms with E-state index in [1.54, 1.807) is 4.68 Å². The van der Waals surface area contributed by atoms with Gasteiger partial charge >= 0.3 is 0 Å². The van der Waals surface area contributed by atoms with Crippen LogP contribution in [0.25, 0.3) is 5.69 Å². The zero-order valence-electron chi connectivity index (χ0n) is 8.68. The Balaban J connectivity index is 0.000000461. The summed E-state index contributed by atoms with van der Waals surface area (Å²) in [4.78, 5) is 0. The van der Waals surface area contributed by atoms with Gasteiger partial charge in [-0.05, 0) is 29.5 Å². The van der Waals surface area contributed by atoms with Crippen molar-refractivity contribution in [1.82, 2.24) is 20.2 Å². The predicted octanol–water partition coefficient (Wildman–Crippen LogP) is 2.00. The van der Waals surface area contributed by atoms with Crippen LogP contribution in [-0.4, -0.2) is 20.2 Å². The summed E-state index contributed by atoms with van der Waals surface area (Å²) >= 11 is 0. The van der Waals surface area contributed by atoms with Crippen molar-refractivity contribution < 1.29 is 0 Å². The van der Waals surface area contributed by atoms with Crippen LogP contribution >= 0.6 is 0 Å². The van der Waals surface area contributed by atoms with E-state index in [0.29, 0.717) is 0 Å². The lowest BCUT2D eigenvalue weighted by Crippen LogP contribution is -1.98. The fourth-order valence-electron chi connectivity index (χ4n) is 1.04. The van der Waals surface area contributed by atoms with Gasteiger partial charge in [-0.3, -0.25) is 0 Å². The maximum atomic E-state index is 3.84. The van der Waals surface area contributed by atoms with Crippen LogP contribution in [0.4, 0.5) is 0 Å². The first-order chi connectivity index (χ1) is 6.88. The van der Waals surface area contributed by atoms with Crippen LogP contribution in [0.2, 0.25) is 0 Å². The van der Waals surface area contributed by atoms with E-state index in [2.05, 4.69) is 15.5 Å². The molecule has 0 saturated carbocycles. The number of rotatable bonds is 1.